The second-order valence-electron chi connectivity index (χ2n) is 7.21. The van der Waals surface area contributed by atoms with Crippen LogP contribution in [0.1, 0.15) is 21.5 Å². The predicted molar refractivity (Wildman–Crippen MR) is 124 cm³/mol. The van der Waals surface area contributed by atoms with Crippen LogP contribution < -0.4 is 15.4 Å². The molecule has 0 spiro atoms. The first-order chi connectivity index (χ1) is 14.9. The number of aryl methyl sites for hydroxylation is 2. The van der Waals surface area contributed by atoms with Gasteiger partial charge in [0.15, 0.2) is 6.61 Å². The Morgan fingerprint density at radius 1 is 0.839 bits per heavy atom. The summed E-state index contributed by atoms with van der Waals surface area (Å²) < 4.78 is 5.52. The second-order valence-corrected chi connectivity index (χ2v) is 7.59. The molecule has 160 valence electrons. The van der Waals surface area contributed by atoms with Crippen molar-refractivity contribution in [2.45, 2.75) is 13.8 Å². The zero-order chi connectivity index (χ0) is 22.2. The molecule has 3 rings (SSSR count). The number of nitrogens with one attached hydrogen (secondary N) is 2. The standard InChI is InChI=1S/C25H25ClN2O3/c1-17-14-22(15-18(2)24(17)26)31-16-23(29)27-12-13-28-25(30)21-10-8-20(9-11-21)19-6-4-3-5-7-19/h3-11,14-15H,12-13,16H2,1-2H3,(H,27,29)(H,28,30). The van der Waals surface area contributed by atoms with E-state index < -0.39 is 0 Å². The van der Waals surface area contributed by atoms with Crippen molar-refractivity contribution in [3.8, 4) is 16.9 Å². The molecular weight excluding hydrogens is 412 g/mol. The van der Waals surface area contributed by atoms with E-state index in [1.807, 2.05) is 56.3 Å². The lowest BCUT2D eigenvalue weighted by molar-refractivity contribution is -0.123. The number of carbonyl (C=O) groups is 2. The van der Waals surface area contributed by atoms with E-state index in [1.165, 1.54) is 0 Å². The van der Waals surface area contributed by atoms with Gasteiger partial charge in [-0.15, -0.1) is 0 Å². The first-order valence-corrected chi connectivity index (χ1v) is 10.4. The molecule has 0 aliphatic carbocycles. The molecule has 0 bridgehead atoms. The Balaban J connectivity index is 1.39. The number of hydrogen-bond acceptors (Lipinski definition) is 3. The molecule has 3 aromatic rings. The van der Waals surface area contributed by atoms with Gasteiger partial charge in [-0.3, -0.25) is 9.59 Å². The molecule has 3 aromatic carbocycles. The lowest BCUT2D eigenvalue weighted by Crippen LogP contribution is -2.36. The Kier molecular flexibility index (Phi) is 7.68. The van der Waals surface area contributed by atoms with Crippen LogP contribution in [0.25, 0.3) is 11.1 Å². The lowest BCUT2D eigenvalue weighted by Gasteiger charge is -2.11. The summed E-state index contributed by atoms with van der Waals surface area (Å²) in [4.78, 5) is 24.2. The topological polar surface area (TPSA) is 67.4 Å². The van der Waals surface area contributed by atoms with Crippen LogP contribution in [0.5, 0.6) is 5.75 Å². The van der Waals surface area contributed by atoms with Gasteiger partial charge in [0.25, 0.3) is 11.8 Å². The van der Waals surface area contributed by atoms with E-state index in [1.54, 1.807) is 24.3 Å². The molecule has 0 saturated heterocycles. The van der Waals surface area contributed by atoms with Crippen molar-refractivity contribution in [3.63, 3.8) is 0 Å². The summed E-state index contributed by atoms with van der Waals surface area (Å²) in [5, 5.41) is 6.22. The van der Waals surface area contributed by atoms with Gasteiger partial charge in [-0.05, 0) is 60.4 Å². The molecule has 0 atom stereocenters. The van der Waals surface area contributed by atoms with E-state index >= 15 is 0 Å². The van der Waals surface area contributed by atoms with Crippen LogP contribution in [0.3, 0.4) is 0 Å². The largest absolute Gasteiger partial charge is 0.484 e. The number of hydrogen-bond donors (Lipinski definition) is 2. The highest BCUT2D eigenvalue weighted by molar-refractivity contribution is 6.32. The third-order valence-corrected chi connectivity index (χ3v) is 5.36. The second kappa shape index (κ2) is 10.6. The molecular formula is C25H25ClN2O3. The van der Waals surface area contributed by atoms with Gasteiger partial charge in [-0.1, -0.05) is 54.1 Å². The molecule has 2 amide bonds. The minimum Gasteiger partial charge on any atom is -0.484 e. The van der Waals surface area contributed by atoms with Gasteiger partial charge in [0.2, 0.25) is 0 Å². The third kappa shape index (κ3) is 6.33. The molecule has 0 aliphatic heterocycles. The monoisotopic (exact) mass is 436 g/mol. The summed E-state index contributed by atoms with van der Waals surface area (Å²) in [7, 11) is 0. The van der Waals surface area contributed by atoms with Crippen LogP contribution in [0.2, 0.25) is 5.02 Å². The molecule has 31 heavy (non-hydrogen) atoms. The SMILES string of the molecule is Cc1cc(OCC(=O)NCCNC(=O)c2ccc(-c3ccccc3)cc2)cc(C)c1Cl. The number of amides is 2. The van der Waals surface area contributed by atoms with Crippen molar-refractivity contribution in [2.75, 3.05) is 19.7 Å². The summed E-state index contributed by atoms with van der Waals surface area (Å²) in [6.45, 7) is 4.31. The number of rotatable bonds is 8. The van der Waals surface area contributed by atoms with E-state index in [4.69, 9.17) is 16.3 Å². The Hall–Kier alpha value is -3.31. The van der Waals surface area contributed by atoms with Crippen LogP contribution in [0.4, 0.5) is 0 Å². The highest BCUT2D eigenvalue weighted by atomic mass is 35.5. The summed E-state index contributed by atoms with van der Waals surface area (Å²) in [5.41, 5.74) is 4.52. The molecule has 0 saturated carbocycles. The quantitative estimate of drug-likeness (QED) is 0.509. The van der Waals surface area contributed by atoms with Gasteiger partial charge in [-0.2, -0.15) is 0 Å². The van der Waals surface area contributed by atoms with Gasteiger partial charge in [0.1, 0.15) is 5.75 Å². The van der Waals surface area contributed by atoms with Crippen molar-refractivity contribution < 1.29 is 14.3 Å². The molecule has 0 fully saturated rings. The first kappa shape index (κ1) is 22.4. The zero-order valence-corrected chi connectivity index (χ0v) is 18.3. The normalized spacial score (nSPS) is 10.4. The smallest absolute Gasteiger partial charge is 0.258 e. The highest BCUT2D eigenvalue weighted by Crippen LogP contribution is 2.25. The van der Waals surface area contributed by atoms with Crippen molar-refractivity contribution in [3.05, 3.63) is 88.4 Å². The van der Waals surface area contributed by atoms with Crippen molar-refractivity contribution >= 4 is 23.4 Å². The number of ether oxygens (including phenoxy) is 1. The van der Waals surface area contributed by atoms with Gasteiger partial charge in [0, 0.05) is 23.7 Å². The van der Waals surface area contributed by atoms with Gasteiger partial charge in [0.05, 0.1) is 0 Å². The molecule has 0 unspecified atom stereocenters. The molecule has 2 N–H and O–H groups in total. The van der Waals surface area contributed by atoms with Crippen LogP contribution in [0.15, 0.2) is 66.7 Å². The fourth-order valence-electron chi connectivity index (χ4n) is 3.11. The van der Waals surface area contributed by atoms with Gasteiger partial charge < -0.3 is 15.4 Å². The average molecular weight is 437 g/mol. The van der Waals surface area contributed by atoms with E-state index in [2.05, 4.69) is 10.6 Å². The number of carbonyl (C=O) groups excluding carboxylic acids is 2. The van der Waals surface area contributed by atoms with Crippen LogP contribution >= 0.6 is 11.6 Å². The van der Waals surface area contributed by atoms with Crippen molar-refractivity contribution in [2.24, 2.45) is 0 Å². The zero-order valence-electron chi connectivity index (χ0n) is 17.6. The lowest BCUT2D eigenvalue weighted by atomic mass is 10.0. The third-order valence-electron chi connectivity index (χ3n) is 4.77. The first-order valence-electron chi connectivity index (χ1n) is 10.0. The number of benzene rings is 3. The van der Waals surface area contributed by atoms with Crippen molar-refractivity contribution in [1.82, 2.24) is 10.6 Å². The van der Waals surface area contributed by atoms with E-state index in [9.17, 15) is 9.59 Å². The number of halogens is 1. The van der Waals surface area contributed by atoms with Gasteiger partial charge >= 0.3 is 0 Å². The Morgan fingerprint density at radius 3 is 2.06 bits per heavy atom. The Bertz CT molecular complexity index is 1030. The van der Waals surface area contributed by atoms with Crippen LogP contribution in [-0.4, -0.2) is 31.5 Å². The summed E-state index contributed by atoms with van der Waals surface area (Å²) in [5.74, 6) is 0.158. The van der Waals surface area contributed by atoms with Gasteiger partial charge in [-0.25, -0.2) is 0 Å². The molecule has 0 heterocycles. The van der Waals surface area contributed by atoms with Crippen LogP contribution in [0, 0.1) is 13.8 Å². The maximum Gasteiger partial charge on any atom is 0.258 e. The van der Waals surface area contributed by atoms with Crippen molar-refractivity contribution in [1.29, 1.82) is 0 Å². The summed E-state index contributed by atoms with van der Waals surface area (Å²) in [6, 6.07) is 21.0. The molecule has 0 aliphatic rings. The molecule has 0 radical (unpaired) electrons. The predicted octanol–water partition coefficient (Wildman–Crippen LogP) is 4.55. The summed E-state index contributed by atoms with van der Waals surface area (Å²) in [6.07, 6.45) is 0. The Morgan fingerprint density at radius 2 is 1.42 bits per heavy atom. The van der Waals surface area contributed by atoms with E-state index in [-0.39, 0.29) is 18.4 Å². The molecule has 5 nitrogen and oxygen atoms in total. The van der Waals surface area contributed by atoms with Crippen LogP contribution in [-0.2, 0) is 4.79 Å². The average Bonchev–Trinajstić information content (AvgIpc) is 2.79. The minimum atomic E-state index is -0.258. The van der Waals surface area contributed by atoms with E-state index in [0.29, 0.717) is 29.4 Å². The maximum atomic E-state index is 12.3. The fraction of sp³-hybridized carbons (Fsp3) is 0.200. The summed E-state index contributed by atoms with van der Waals surface area (Å²) >= 11 is 6.13. The van der Waals surface area contributed by atoms with E-state index in [0.717, 1.165) is 22.3 Å². The Labute approximate surface area is 187 Å². The minimum absolute atomic E-state index is 0.102. The molecule has 6 heteroatoms. The fourth-order valence-corrected chi connectivity index (χ4v) is 3.22. The highest BCUT2D eigenvalue weighted by Gasteiger charge is 2.08. The molecule has 0 aromatic heterocycles. The maximum absolute atomic E-state index is 12.3.